The maximum Gasteiger partial charge on any atom is 0.287 e. The second-order valence-corrected chi connectivity index (χ2v) is 4.29. The third-order valence-electron chi connectivity index (χ3n) is 3.06. The topological polar surface area (TPSA) is 70.2 Å². The molecule has 2 aromatic rings. The Morgan fingerprint density at radius 3 is 2.38 bits per heavy atom. The first-order chi connectivity index (χ1) is 10.1. The molecular formula is C15H12FN3O2. The lowest BCUT2D eigenvalue weighted by Crippen LogP contribution is -2.16. The highest BCUT2D eigenvalue weighted by atomic mass is 19.1. The molecule has 0 radical (unpaired) electrons. The summed E-state index contributed by atoms with van der Waals surface area (Å²) in [6, 6.07) is 12.1. The van der Waals surface area contributed by atoms with Crippen molar-refractivity contribution in [1.29, 1.82) is 5.26 Å². The summed E-state index contributed by atoms with van der Waals surface area (Å²) >= 11 is 0. The maximum atomic E-state index is 13.0. The van der Waals surface area contributed by atoms with E-state index in [1.54, 1.807) is 18.2 Å². The van der Waals surface area contributed by atoms with Crippen molar-refractivity contribution >= 4 is 17.1 Å². The van der Waals surface area contributed by atoms with Crippen molar-refractivity contribution < 1.29 is 9.31 Å². The predicted molar refractivity (Wildman–Crippen MR) is 76.9 cm³/mol. The number of halogens is 1. The Morgan fingerprint density at radius 1 is 1.24 bits per heavy atom. The Balaban J connectivity index is 2.46. The molecule has 106 valence electrons. The SMILES string of the molecule is CCN(c1ccc(F)cc1)c1ccc([N+](=O)[O-])c(C#N)c1. The van der Waals surface area contributed by atoms with Crippen LogP contribution in [0.4, 0.5) is 21.5 Å². The lowest BCUT2D eigenvalue weighted by atomic mass is 10.1. The molecule has 0 unspecified atom stereocenters. The molecule has 0 aromatic heterocycles. The Hall–Kier alpha value is -2.94. The van der Waals surface area contributed by atoms with Crippen molar-refractivity contribution in [2.24, 2.45) is 0 Å². The molecule has 0 aliphatic rings. The van der Waals surface area contributed by atoms with E-state index in [4.69, 9.17) is 5.26 Å². The van der Waals surface area contributed by atoms with Crippen molar-refractivity contribution in [3.63, 3.8) is 0 Å². The monoisotopic (exact) mass is 285 g/mol. The van der Waals surface area contributed by atoms with Crippen molar-refractivity contribution in [3.8, 4) is 6.07 Å². The van der Waals surface area contributed by atoms with Crippen LogP contribution < -0.4 is 4.90 Å². The number of benzene rings is 2. The normalized spacial score (nSPS) is 9.95. The van der Waals surface area contributed by atoms with Crippen LogP contribution in [0.15, 0.2) is 42.5 Å². The van der Waals surface area contributed by atoms with Crippen LogP contribution in [-0.2, 0) is 0 Å². The molecule has 2 aromatic carbocycles. The molecule has 5 nitrogen and oxygen atoms in total. The van der Waals surface area contributed by atoms with E-state index >= 15 is 0 Å². The first-order valence-electron chi connectivity index (χ1n) is 6.28. The van der Waals surface area contributed by atoms with E-state index in [-0.39, 0.29) is 17.1 Å². The van der Waals surface area contributed by atoms with Crippen LogP contribution in [0.5, 0.6) is 0 Å². The van der Waals surface area contributed by atoms with Gasteiger partial charge in [-0.15, -0.1) is 0 Å². The van der Waals surface area contributed by atoms with Crippen LogP contribution in [-0.4, -0.2) is 11.5 Å². The van der Waals surface area contributed by atoms with Gasteiger partial charge in [0.1, 0.15) is 17.4 Å². The van der Waals surface area contributed by atoms with Gasteiger partial charge in [-0.25, -0.2) is 4.39 Å². The number of nitrogens with zero attached hydrogens (tertiary/aromatic N) is 3. The molecule has 0 saturated carbocycles. The molecule has 0 N–H and O–H groups in total. The summed E-state index contributed by atoms with van der Waals surface area (Å²) in [7, 11) is 0. The molecule has 0 saturated heterocycles. The molecule has 0 aliphatic heterocycles. The standard InChI is InChI=1S/C15H12FN3O2/c1-2-18(13-5-3-12(16)4-6-13)14-7-8-15(19(20)21)11(9-14)10-17/h3-9H,2H2,1H3. The fourth-order valence-electron chi connectivity index (χ4n) is 2.08. The maximum absolute atomic E-state index is 13.0. The zero-order valence-electron chi connectivity index (χ0n) is 11.3. The van der Waals surface area contributed by atoms with Gasteiger partial charge in [0.15, 0.2) is 0 Å². The van der Waals surface area contributed by atoms with Crippen LogP contribution in [0.3, 0.4) is 0 Å². The average molecular weight is 285 g/mol. The van der Waals surface area contributed by atoms with E-state index in [1.807, 2.05) is 17.9 Å². The van der Waals surface area contributed by atoms with E-state index in [0.29, 0.717) is 12.2 Å². The lowest BCUT2D eigenvalue weighted by Gasteiger charge is -2.23. The molecule has 0 heterocycles. The molecule has 0 spiro atoms. The molecular weight excluding hydrogens is 273 g/mol. The van der Waals surface area contributed by atoms with Gasteiger partial charge in [0.2, 0.25) is 0 Å². The number of anilines is 2. The first-order valence-corrected chi connectivity index (χ1v) is 6.28. The molecule has 0 bridgehead atoms. The summed E-state index contributed by atoms with van der Waals surface area (Å²) in [6.07, 6.45) is 0. The summed E-state index contributed by atoms with van der Waals surface area (Å²) in [5.41, 5.74) is 1.16. The molecule has 2 rings (SSSR count). The minimum atomic E-state index is -0.587. The molecule has 0 fully saturated rings. The smallest absolute Gasteiger partial charge is 0.287 e. The fraction of sp³-hybridized carbons (Fsp3) is 0.133. The van der Waals surface area contributed by atoms with Crippen LogP contribution in [0.1, 0.15) is 12.5 Å². The minimum Gasteiger partial charge on any atom is -0.342 e. The van der Waals surface area contributed by atoms with Gasteiger partial charge in [0.05, 0.1) is 4.92 Å². The lowest BCUT2D eigenvalue weighted by molar-refractivity contribution is -0.385. The van der Waals surface area contributed by atoms with E-state index in [2.05, 4.69) is 0 Å². The second-order valence-electron chi connectivity index (χ2n) is 4.29. The summed E-state index contributed by atoms with van der Waals surface area (Å²) in [6.45, 7) is 2.48. The highest BCUT2D eigenvalue weighted by molar-refractivity contribution is 5.67. The van der Waals surface area contributed by atoms with E-state index in [1.165, 1.54) is 24.3 Å². The zero-order valence-corrected chi connectivity index (χ0v) is 11.3. The van der Waals surface area contributed by atoms with Crippen LogP contribution in [0, 0.1) is 27.3 Å². The highest BCUT2D eigenvalue weighted by Gasteiger charge is 2.16. The van der Waals surface area contributed by atoms with Gasteiger partial charge in [-0.1, -0.05) is 0 Å². The van der Waals surface area contributed by atoms with Gasteiger partial charge >= 0.3 is 0 Å². The van der Waals surface area contributed by atoms with Crippen molar-refractivity contribution in [2.75, 3.05) is 11.4 Å². The largest absolute Gasteiger partial charge is 0.342 e. The van der Waals surface area contributed by atoms with Crippen molar-refractivity contribution in [3.05, 3.63) is 64.0 Å². The van der Waals surface area contributed by atoms with Crippen molar-refractivity contribution in [1.82, 2.24) is 0 Å². The third-order valence-corrected chi connectivity index (χ3v) is 3.06. The quantitative estimate of drug-likeness (QED) is 0.633. The number of rotatable bonds is 4. The molecule has 0 aliphatic carbocycles. The fourth-order valence-corrected chi connectivity index (χ4v) is 2.08. The Bertz CT molecular complexity index is 708. The van der Waals surface area contributed by atoms with Crippen LogP contribution in [0.25, 0.3) is 0 Å². The second kappa shape index (κ2) is 6.01. The third kappa shape index (κ3) is 2.98. The Kier molecular flexibility index (Phi) is 4.14. The summed E-state index contributed by atoms with van der Waals surface area (Å²) in [5, 5.41) is 19.9. The molecule has 21 heavy (non-hydrogen) atoms. The minimum absolute atomic E-state index is 0.00179. The van der Waals surface area contributed by atoms with E-state index in [0.717, 1.165) is 5.69 Å². The van der Waals surface area contributed by atoms with Crippen LogP contribution in [0.2, 0.25) is 0 Å². The summed E-state index contributed by atoms with van der Waals surface area (Å²) < 4.78 is 13.0. The number of nitro benzene ring substituents is 1. The molecule has 0 atom stereocenters. The molecule has 6 heteroatoms. The van der Waals surface area contributed by atoms with Gasteiger partial charge in [-0.3, -0.25) is 10.1 Å². The number of hydrogen-bond acceptors (Lipinski definition) is 4. The first kappa shape index (κ1) is 14.5. The Morgan fingerprint density at radius 2 is 1.86 bits per heavy atom. The summed E-state index contributed by atoms with van der Waals surface area (Å²) in [4.78, 5) is 12.1. The summed E-state index contributed by atoms with van der Waals surface area (Å²) in [5.74, 6) is -0.337. The number of nitro groups is 1. The highest BCUT2D eigenvalue weighted by Crippen LogP contribution is 2.29. The zero-order chi connectivity index (χ0) is 15.4. The number of nitriles is 1. The van der Waals surface area contributed by atoms with E-state index in [9.17, 15) is 14.5 Å². The van der Waals surface area contributed by atoms with Gasteiger partial charge in [-0.2, -0.15) is 5.26 Å². The van der Waals surface area contributed by atoms with E-state index < -0.39 is 4.92 Å². The average Bonchev–Trinajstić information content (AvgIpc) is 2.49. The van der Waals surface area contributed by atoms with Crippen molar-refractivity contribution in [2.45, 2.75) is 6.92 Å². The van der Waals surface area contributed by atoms with Crippen LogP contribution >= 0.6 is 0 Å². The van der Waals surface area contributed by atoms with Gasteiger partial charge < -0.3 is 4.90 Å². The Labute approximate surface area is 121 Å². The van der Waals surface area contributed by atoms with Gasteiger partial charge in [0, 0.05) is 24.0 Å². The predicted octanol–water partition coefficient (Wildman–Crippen LogP) is 3.76. The van der Waals surface area contributed by atoms with Gasteiger partial charge in [0.25, 0.3) is 5.69 Å². The van der Waals surface area contributed by atoms with Gasteiger partial charge in [-0.05, 0) is 43.3 Å². The number of hydrogen-bond donors (Lipinski definition) is 0. The molecule has 0 amide bonds.